The topological polar surface area (TPSA) is 20.3 Å². The van der Waals surface area contributed by atoms with Crippen molar-refractivity contribution in [2.75, 3.05) is 18.5 Å². The maximum atomic E-state index is 13.2. The molecule has 1 aromatic carbocycles. The van der Waals surface area contributed by atoms with Gasteiger partial charge in [-0.1, -0.05) is 6.07 Å². The average molecular weight is 249 g/mol. The number of carbonyl (C=O) groups is 1. The molecular formula is C11H11F4NO. The molecule has 1 rings (SSSR count). The first-order chi connectivity index (χ1) is 7.85. The summed E-state index contributed by atoms with van der Waals surface area (Å²) < 4.78 is 49.3. The average Bonchev–Trinajstić information content (AvgIpc) is 2.24. The molecule has 0 aromatic heterocycles. The van der Waals surface area contributed by atoms with E-state index in [9.17, 15) is 22.4 Å². The van der Waals surface area contributed by atoms with Crippen LogP contribution >= 0.6 is 0 Å². The van der Waals surface area contributed by atoms with Gasteiger partial charge in [0.25, 0.3) is 0 Å². The first kappa shape index (κ1) is 13.5. The van der Waals surface area contributed by atoms with Gasteiger partial charge in [0.1, 0.15) is 5.82 Å². The van der Waals surface area contributed by atoms with Crippen molar-refractivity contribution in [2.24, 2.45) is 0 Å². The van der Waals surface area contributed by atoms with Gasteiger partial charge in [-0.3, -0.25) is 4.79 Å². The number of alkyl halides is 3. The number of hydrogen-bond donors (Lipinski definition) is 0. The van der Waals surface area contributed by atoms with Gasteiger partial charge in [0, 0.05) is 19.3 Å². The van der Waals surface area contributed by atoms with Gasteiger partial charge in [0.2, 0.25) is 0 Å². The van der Waals surface area contributed by atoms with E-state index in [1.807, 2.05) is 0 Å². The van der Waals surface area contributed by atoms with Crippen LogP contribution in [-0.2, 0) is 0 Å². The van der Waals surface area contributed by atoms with E-state index in [1.54, 1.807) is 0 Å². The number of anilines is 1. The Balaban J connectivity index is 2.85. The Kier molecular flexibility index (Phi) is 4.09. The minimum absolute atomic E-state index is 0.157. The molecule has 0 saturated heterocycles. The fourth-order valence-electron chi connectivity index (χ4n) is 1.39. The third-order valence-corrected chi connectivity index (χ3v) is 2.29. The highest BCUT2D eigenvalue weighted by atomic mass is 19.4. The minimum Gasteiger partial charge on any atom is -0.374 e. The summed E-state index contributed by atoms with van der Waals surface area (Å²) in [6.07, 6.45) is -4.99. The lowest BCUT2D eigenvalue weighted by molar-refractivity contribution is -0.132. The molecule has 6 heteroatoms. The second kappa shape index (κ2) is 5.16. The second-order valence-electron chi connectivity index (χ2n) is 3.58. The van der Waals surface area contributed by atoms with E-state index in [1.165, 1.54) is 24.1 Å². The SMILES string of the molecule is CN(CCC(F)(F)F)c1cccc(F)c1C=O. The van der Waals surface area contributed by atoms with Gasteiger partial charge in [0.15, 0.2) is 6.29 Å². The zero-order chi connectivity index (χ0) is 13.1. The van der Waals surface area contributed by atoms with Gasteiger partial charge >= 0.3 is 6.18 Å². The molecular weight excluding hydrogens is 238 g/mol. The first-order valence-electron chi connectivity index (χ1n) is 4.86. The second-order valence-corrected chi connectivity index (χ2v) is 3.58. The van der Waals surface area contributed by atoms with Crippen molar-refractivity contribution < 1.29 is 22.4 Å². The molecule has 0 aliphatic heterocycles. The van der Waals surface area contributed by atoms with Crippen molar-refractivity contribution in [3.63, 3.8) is 0 Å². The predicted octanol–water partition coefficient (Wildman–Crippen LogP) is 3.03. The summed E-state index contributed by atoms with van der Waals surface area (Å²) >= 11 is 0. The summed E-state index contributed by atoms with van der Waals surface area (Å²) in [6, 6.07) is 3.84. The molecule has 17 heavy (non-hydrogen) atoms. The number of rotatable bonds is 4. The summed E-state index contributed by atoms with van der Waals surface area (Å²) in [6.45, 7) is -0.326. The summed E-state index contributed by atoms with van der Waals surface area (Å²) in [5.41, 5.74) is -0.0681. The molecule has 0 radical (unpaired) electrons. The van der Waals surface area contributed by atoms with Crippen LogP contribution in [0.3, 0.4) is 0 Å². The molecule has 0 saturated carbocycles. The Morgan fingerprint density at radius 3 is 2.53 bits per heavy atom. The third-order valence-electron chi connectivity index (χ3n) is 2.29. The number of nitrogens with zero attached hydrogens (tertiary/aromatic N) is 1. The smallest absolute Gasteiger partial charge is 0.374 e. The lowest BCUT2D eigenvalue weighted by Gasteiger charge is -2.21. The Bertz CT molecular complexity index is 403. The molecule has 0 unspecified atom stereocenters. The Morgan fingerprint density at radius 2 is 2.00 bits per heavy atom. The van der Waals surface area contributed by atoms with Crippen molar-refractivity contribution in [1.82, 2.24) is 0 Å². The van der Waals surface area contributed by atoms with Gasteiger partial charge in [-0.05, 0) is 12.1 Å². The van der Waals surface area contributed by atoms with Gasteiger partial charge < -0.3 is 4.90 Å². The molecule has 0 atom stereocenters. The van der Waals surface area contributed by atoms with E-state index >= 15 is 0 Å². The van der Waals surface area contributed by atoms with Crippen LogP contribution in [0.15, 0.2) is 18.2 Å². The fourth-order valence-corrected chi connectivity index (χ4v) is 1.39. The summed E-state index contributed by atoms with van der Waals surface area (Å²) in [5, 5.41) is 0. The monoisotopic (exact) mass is 249 g/mol. The number of hydrogen-bond acceptors (Lipinski definition) is 2. The van der Waals surface area contributed by atoms with Crippen molar-refractivity contribution in [2.45, 2.75) is 12.6 Å². The van der Waals surface area contributed by atoms with Crippen LogP contribution in [-0.4, -0.2) is 26.1 Å². The van der Waals surface area contributed by atoms with Crippen molar-refractivity contribution in [3.8, 4) is 0 Å². The first-order valence-corrected chi connectivity index (χ1v) is 4.86. The summed E-state index contributed by atoms with van der Waals surface area (Å²) in [7, 11) is 1.38. The molecule has 0 heterocycles. The highest BCUT2D eigenvalue weighted by molar-refractivity contribution is 5.84. The quantitative estimate of drug-likeness (QED) is 0.604. The molecule has 0 aliphatic carbocycles. The van der Waals surface area contributed by atoms with E-state index in [2.05, 4.69) is 0 Å². The maximum absolute atomic E-state index is 13.2. The molecule has 1 aromatic rings. The fraction of sp³-hybridized carbons (Fsp3) is 0.364. The number of halogens is 4. The Morgan fingerprint density at radius 1 is 1.35 bits per heavy atom. The van der Waals surface area contributed by atoms with E-state index in [0.717, 1.165) is 6.07 Å². The molecule has 0 bridgehead atoms. The molecule has 94 valence electrons. The Hall–Kier alpha value is -1.59. The van der Waals surface area contributed by atoms with Gasteiger partial charge in [-0.2, -0.15) is 13.2 Å². The standard InChI is InChI=1S/C11H11F4NO/c1-16(6-5-11(13,14)15)10-4-2-3-9(12)8(10)7-17/h2-4,7H,5-6H2,1H3. The number of benzene rings is 1. The van der Waals surface area contributed by atoms with Crippen LogP contribution in [0.5, 0.6) is 0 Å². The number of aldehydes is 1. The van der Waals surface area contributed by atoms with Gasteiger partial charge in [-0.25, -0.2) is 4.39 Å². The zero-order valence-electron chi connectivity index (χ0n) is 9.09. The summed E-state index contributed by atoms with van der Waals surface area (Å²) in [5.74, 6) is -0.739. The van der Waals surface area contributed by atoms with Crippen LogP contribution < -0.4 is 4.90 Å². The third kappa shape index (κ3) is 3.72. The van der Waals surface area contributed by atoms with Crippen LogP contribution in [0.1, 0.15) is 16.8 Å². The normalized spacial score (nSPS) is 11.4. The van der Waals surface area contributed by atoms with E-state index in [4.69, 9.17) is 0 Å². The maximum Gasteiger partial charge on any atom is 0.390 e. The lowest BCUT2D eigenvalue weighted by atomic mass is 10.1. The van der Waals surface area contributed by atoms with Crippen molar-refractivity contribution in [3.05, 3.63) is 29.6 Å². The minimum atomic E-state index is -4.27. The van der Waals surface area contributed by atoms with Crippen molar-refractivity contribution in [1.29, 1.82) is 0 Å². The van der Waals surface area contributed by atoms with Crippen LogP contribution in [0.4, 0.5) is 23.2 Å². The van der Waals surface area contributed by atoms with Gasteiger partial charge in [0.05, 0.1) is 12.0 Å². The van der Waals surface area contributed by atoms with E-state index in [-0.39, 0.29) is 17.8 Å². The number of carbonyl (C=O) groups excluding carboxylic acids is 1. The molecule has 0 N–H and O–H groups in total. The highest BCUT2D eigenvalue weighted by Crippen LogP contribution is 2.24. The molecule has 2 nitrogen and oxygen atoms in total. The largest absolute Gasteiger partial charge is 0.390 e. The summed E-state index contributed by atoms with van der Waals surface area (Å²) in [4.78, 5) is 11.9. The van der Waals surface area contributed by atoms with Gasteiger partial charge in [-0.15, -0.1) is 0 Å². The molecule has 0 fully saturated rings. The van der Waals surface area contributed by atoms with Crippen LogP contribution in [0, 0.1) is 5.82 Å². The Labute approximate surface area is 95.8 Å². The lowest BCUT2D eigenvalue weighted by Crippen LogP contribution is -2.25. The van der Waals surface area contributed by atoms with Crippen LogP contribution in [0.25, 0.3) is 0 Å². The highest BCUT2D eigenvalue weighted by Gasteiger charge is 2.27. The zero-order valence-corrected chi connectivity index (χ0v) is 9.09. The molecule has 0 amide bonds. The predicted molar refractivity (Wildman–Crippen MR) is 55.7 cm³/mol. The van der Waals surface area contributed by atoms with Crippen molar-refractivity contribution >= 4 is 12.0 Å². The van der Waals surface area contributed by atoms with E-state index in [0.29, 0.717) is 6.29 Å². The van der Waals surface area contributed by atoms with Crippen LogP contribution in [0.2, 0.25) is 0 Å². The van der Waals surface area contributed by atoms with E-state index < -0.39 is 18.4 Å². The molecule has 0 aliphatic rings. The molecule has 0 spiro atoms.